The van der Waals surface area contributed by atoms with Gasteiger partial charge in [0.25, 0.3) is 5.51 Å². The van der Waals surface area contributed by atoms with E-state index in [9.17, 15) is 0 Å². The van der Waals surface area contributed by atoms with Crippen LogP contribution >= 0.6 is 11.3 Å². The van der Waals surface area contributed by atoms with E-state index < -0.39 is 0 Å². The second-order valence-electron chi connectivity index (χ2n) is 1.94. The van der Waals surface area contributed by atoms with Gasteiger partial charge < -0.3 is 0 Å². The van der Waals surface area contributed by atoms with Crippen molar-refractivity contribution in [3.63, 3.8) is 0 Å². The summed E-state index contributed by atoms with van der Waals surface area (Å²) in [5, 5.41) is 4.05. The van der Waals surface area contributed by atoms with Crippen molar-refractivity contribution in [2.75, 3.05) is 0 Å². The third-order valence-electron chi connectivity index (χ3n) is 0.939. The molecule has 0 amide bonds. The number of aromatic nitrogens is 2. The fourth-order valence-electron chi connectivity index (χ4n) is 0.453. The van der Waals surface area contributed by atoms with Crippen LogP contribution in [-0.4, -0.2) is 5.10 Å². The van der Waals surface area contributed by atoms with Crippen molar-refractivity contribution in [3.05, 3.63) is 11.0 Å². The second kappa shape index (κ2) is 2.22. The van der Waals surface area contributed by atoms with E-state index in [1.54, 1.807) is 11.3 Å². The van der Waals surface area contributed by atoms with Gasteiger partial charge in [0.2, 0.25) is 0 Å². The van der Waals surface area contributed by atoms with E-state index in [-0.39, 0.29) is 0 Å². The average Bonchev–Trinajstić information content (AvgIpc) is 2.12. The van der Waals surface area contributed by atoms with Crippen LogP contribution in [0.2, 0.25) is 0 Å². The number of hydrogen-bond acceptors (Lipinski definition) is 2. The van der Waals surface area contributed by atoms with Crippen molar-refractivity contribution in [3.8, 4) is 0 Å². The lowest BCUT2D eigenvalue weighted by atomic mass is 10.4. The van der Waals surface area contributed by atoms with Crippen LogP contribution in [0.5, 0.6) is 0 Å². The van der Waals surface area contributed by atoms with Crippen LogP contribution in [-0.2, 0) is 0 Å². The minimum absolute atomic E-state index is 0.501. The molecule has 0 unspecified atom stereocenters. The molecule has 0 aliphatic rings. The Balaban J connectivity index is 2.77. The maximum atomic E-state index is 4.05. The van der Waals surface area contributed by atoms with Gasteiger partial charge in [-0.2, -0.15) is 0 Å². The summed E-state index contributed by atoms with van der Waals surface area (Å²) in [7, 11) is 0. The quantitative estimate of drug-likeness (QED) is 0.517. The molecule has 0 radical (unpaired) electrons. The first-order chi connectivity index (χ1) is 3.80. The van der Waals surface area contributed by atoms with Crippen molar-refractivity contribution in [2.24, 2.45) is 0 Å². The Morgan fingerprint density at radius 2 is 2.38 bits per heavy atom. The van der Waals surface area contributed by atoms with Crippen LogP contribution in [0, 0.1) is 0 Å². The van der Waals surface area contributed by atoms with E-state index in [1.807, 2.05) is 15.7 Å². The molecule has 0 saturated carbocycles. The molecule has 1 heterocycles. The fraction of sp³-hybridized carbons (Fsp3) is 0.600. The standard InChI is InChI=1S/C5H9N2S/c1-5(2)7-4-8-3-6-7/h3-5H,1-2H3/q+1. The highest BCUT2D eigenvalue weighted by Gasteiger charge is 2.05. The van der Waals surface area contributed by atoms with Crippen molar-refractivity contribution >= 4 is 11.3 Å². The third kappa shape index (κ3) is 1.04. The van der Waals surface area contributed by atoms with Crippen molar-refractivity contribution < 1.29 is 4.68 Å². The first-order valence-corrected chi connectivity index (χ1v) is 3.54. The summed E-state index contributed by atoms with van der Waals surface area (Å²) in [6, 6.07) is 0.501. The topological polar surface area (TPSA) is 16.8 Å². The predicted octanol–water partition coefficient (Wildman–Crippen LogP) is 1.01. The molecule has 0 saturated heterocycles. The van der Waals surface area contributed by atoms with Gasteiger partial charge in [-0.25, -0.2) is 0 Å². The van der Waals surface area contributed by atoms with Crippen LogP contribution in [0.1, 0.15) is 19.9 Å². The molecule has 0 bridgehead atoms. The minimum atomic E-state index is 0.501. The zero-order valence-corrected chi connectivity index (χ0v) is 5.85. The third-order valence-corrected chi connectivity index (χ3v) is 1.49. The highest BCUT2D eigenvalue weighted by atomic mass is 32.1. The van der Waals surface area contributed by atoms with Gasteiger partial charge in [-0.05, 0) is 13.8 Å². The van der Waals surface area contributed by atoms with Crippen molar-refractivity contribution in [2.45, 2.75) is 19.9 Å². The lowest BCUT2D eigenvalue weighted by molar-refractivity contribution is -0.766. The molecule has 0 fully saturated rings. The highest BCUT2D eigenvalue weighted by Crippen LogP contribution is 1.90. The molecule has 1 aromatic rings. The van der Waals surface area contributed by atoms with Gasteiger partial charge >= 0.3 is 0 Å². The highest BCUT2D eigenvalue weighted by molar-refractivity contribution is 7.06. The molecule has 0 atom stereocenters. The molecule has 0 N–H and O–H groups in total. The van der Waals surface area contributed by atoms with Crippen LogP contribution in [0.15, 0.2) is 11.0 Å². The van der Waals surface area contributed by atoms with E-state index in [2.05, 4.69) is 18.9 Å². The predicted molar refractivity (Wildman–Crippen MR) is 32.7 cm³/mol. The first-order valence-electron chi connectivity index (χ1n) is 2.60. The van der Waals surface area contributed by atoms with E-state index in [0.717, 1.165) is 0 Å². The summed E-state index contributed by atoms with van der Waals surface area (Å²) in [6.45, 7) is 4.22. The Bertz CT molecular complexity index is 145. The SMILES string of the molecule is CC(C)[n+]1cscn1. The van der Waals surface area contributed by atoms with Gasteiger partial charge in [-0.1, -0.05) is 16.0 Å². The van der Waals surface area contributed by atoms with Crippen LogP contribution in [0.25, 0.3) is 0 Å². The van der Waals surface area contributed by atoms with Gasteiger partial charge in [-0.3, -0.25) is 0 Å². The smallest absolute Gasteiger partial charge is 0.0784 e. The number of nitrogens with zero attached hydrogens (tertiary/aromatic N) is 2. The summed E-state index contributed by atoms with van der Waals surface area (Å²) in [4.78, 5) is 0. The summed E-state index contributed by atoms with van der Waals surface area (Å²) in [6.07, 6.45) is 0. The average molecular weight is 129 g/mol. The summed E-state index contributed by atoms with van der Waals surface area (Å²) < 4.78 is 1.94. The molecule has 0 spiro atoms. The Labute approximate surface area is 52.8 Å². The Morgan fingerprint density at radius 1 is 1.62 bits per heavy atom. The summed E-state index contributed by atoms with van der Waals surface area (Å²) in [5.74, 6) is 0. The maximum Gasteiger partial charge on any atom is 0.253 e. The van der Waals surface area contributed by atoms with Crippen molar-refractivity contribution in [1.82, 2.24) is 5.10 Å². The molecular formula is C5H9N2S+. The van der Waals surface area contributed by atoms with Crippen LogP contribution in [0.4, 0.5) is 0 Å². The molecule has 0 aromatic carbocycles. The molecule has 0 aliphatic heterocycles. The molecular weight excluding hydrogens is 120 g/mol. The van der Waals surface area contributed by atoms with Gasteiger partial charge in [0.15, 0.2) is 11.6 Å². The zero-order valence-electron chi connectivity index (χ0n) is 5.03. The van der Waals surface area contributed by atoms with Crippen molar-refractivity contribution in [1.29, 1.82) is 0 Å². The summed E-state index contributed by atoms with van der Waals surface area (Å²) in [5.41, 5.74) is 3.84. The lowest BCUT2D eigenvalue weighted by Gasteiger charge is -1.87. The Hall–Kier alpha value is -0.440. The second-order valence-corrected chi connectivity index (χ2v) is 2.63. The molecule has 3 heteroatoms. The molecule has 1 rings (SSSR count). The zero-order chi connectivity index (χ0) is 5.98. The molecule has 44 valence electrons. The van der Waals surface area contributed by atoms with Gasteiger partial charge in [0.05, 0.1) is 0 Å². The summed E-state index contributed by atoms with van der Waals surface area (Å²) >= 11 is 1.62. The first kappa shape index (κ1) is 5.69. The fourth-order valence-corrected chi connectivity index (χ4v) is 1.09. The molecule has 0 aliphatic carbocycles. The normalized spacial score (nSPS) is 10.4. The van der Waals surface area contributed by atoms with Crippen LogP contribution < -0.4 is 4.68 Å². The Kier molecular flexibility index (Phi) is 1.58. The van der Waals surface area contributed by atoms with Gasteiger partial charge in [-0.15, -0.1) is 0 Å². The largest absolute Gasteiger partial charge is 0.253 e. The molecule has 1 aromatic heterocycles. The monoisotopic (exact) mass is 129 g/mol. The molecule has 8 heavy (non-hydrogen) atoms. The van der Waals surface area contributed by atoms with E-state index in [1.165, 1.54) is 0 Å². The lowest BCUT2D eigenvalue weighted by Crippen LogP contribution is -2.36. The number of hydrogen-bond donors (Lipinski definition) is 0. The maximum absolute atomic E-state index is 4.05. The minimum Gasteiger partial charge on any atom is -0.0784 e. The van der Waals surface area contributed by atoms with E-state index >= 15 is 0 Å². The molecule has 2 nitrogen and oxygen atoms in total. The van der Waals surface area contributed by atoms with E-state index in [4.69, 9.17) is 0 Å². The Morgan fingerprint density at radius 3 is 2.62 bits per heavy atom. The van der Waals surface area contributed by atoms with Gasteiger partial charge in [0.1, 0.15) is 0 Å². The van der Waals surface area contributed by atoms with Gasteiger partial charge in [0, 0.05) is 5.10 Å². The van der Waals surface area contributed by atoms with E-state index in [0.29, 0.717) is 6.04 Å². The van der Waals surface area contributed by atoms with Crippen LogP contribution in [0.3, 0.4) is 0 Å². The number of rotatable bonds is 1.